The van der Waals surface area contributed by atoms with Gasteiger partial charge in [-0.25, -0.2) is 0 Å². The smallest absolute Gasteiger partial charge is 0.255 e. The van der Waals surface area contributed by atoms with E-state index in [9.17, 15) is 29.7 Å². The van der Waals surface area contributed by atoms with Crippen molar-refractivity contribution >= 4 is 17.5 Å². The van der Waals surface area contributed by atoms with Crippen molar-refractivity contribution in [2.75, 3.05) is 14.1 Å². The van der Waals surface area contributed by atoms with Crippen LogP contribution in [0.3, 0.4) is 0 Å². The molecule has 4 atom stereocenters. The van der Waals surface area contributed by atoms with Gasteiger partial charge in [0.15, 0.2) is 17.2 Å². The Balaban J connectivity index is 2.00. The number of Topliss-reactive ketones (excluding diaryl/α,β-unsaturated/α-hetero) is 2. The number of carbonyl (C=O) groups excluding carboxylic acids is 3. The van der Waals surface area contributed by atoms with Gasteiger partial charge in [0.1, 0.15) is 17.1 Å². The number of phenolic OH excluding ortho intramolecular Hbond substituents is 1. The minimum atomic E-state index is -2.31. The van der Waals surface area contributed by atoms with E-state index in [0.717, 1.165) is 0 Å². The van der Waals surface area contributed by atoms with Crippen molar-refractivity contribution in [3.63, 3.8) is 0 Å². The molecule has 30 heavy (non-hydrogen) atoms. The average Bonchev–Trinajstić information content (AvgIpc) is 2.64. The molecule has 0 radical (unpaired) electrons. The number of hydrogen-bond donors (Lipinski definition) is 5. The molecule has 0 fully saturated rings. The zero-order valence-electron chi connectivity index (χ0n) is 16.5. The van der Waals surface area contributed by atoms with Crippen LogP contribution in [0.2, 0.25) is 0 Å². The predicted octanol–water partition coefficient (Wildman–Crippen LogP) is -0.479. The summed E-state index contributed by atoms with van der Waals surface area (Å²) in [7, 11) is 3.22. The number of rotatable bonds is 2. The van der Waals surface area contributed by atoms with Crippen LogP contribution in [-0.4, -0.2) is 63.4 Å². The molecule has 0 saturated carbocycles. The molecule has 0 saturated heterocycles. The van der Waals surface area contributed by atoms with E-state index in [1.807, 2.05) is 0 Å². The standard InChI is InChI=1S/C21H23N3O6/c1-24(2)15-10-7-9-6-8-4-3-5-11(25)12(8)16(26)13(9)18(22)21(10,30)19(28)14(17(15)27)20(23)29/h3-5,9-10,15,25,28,30H,6-7,22H2,1-2H3,(H2,23,29)/t9-,10-,15-,21-/m0/s1. The van der Waals surface area contributed by atoms with E-state index < -0.39 is 52.3 Å². The lowest BCUT2D eigenvalue weighted by Crippen LogP contribution is -2.64. The zero-order chi connectivity index (χ0) is 22.1. The fourth-order valence-electron chi connectivity index (χ4n) is 5.26. The Morgan fingerprint density at radius 3 is 2.50 bits per heavy atom. The van der Waals surface area contributed by atoms with Crippen LogP contribution in [0.15, 0.2) is 40.8 Å². The summed E-state index contributed by atoms with van der Waals surface area (Å²) < 4.78 is 0. The number of primary amides is 1. The van der Waals surface area contributed by atoms with E-state index in [-0.39, 0.29) is 29.0 Å². The molecule has 158 valence electrons. The van der Waals surface area contributed by atoms with Crippen molar-refractivity contribution in [2.45, 2.75) is 24.5 Å². The van der Waals surface area contributed by atoms with E-state index in [2.05, 4.69) is 0 Å². The third kappa shape index (κ3) is 2.39. The number of aliphatic hydroxyl groups is 2. The maximum absolute atomic E-state index is 13.2. The molecule has 3 aliphatic rings. The van der Waals surface area contributed by atoms with E-state index in [1.165, 1.54) is 11.0 Å². The molecule has 1 aromatic carbocycles. The van der Waals surface area contributed by atoms with Gasteiger partial charge in [-0.05, 0) is 44.5 Å². The van der Waals surface area contributed by atoms with Gasteiger partial charge in [0.05, 0.1) is 17.3 Å². The highest BCUT2D eigenvalue weighted by molar-refractivity contribution is 6.22. The van der Waals surface area contributed by atoms with Crippen LogP contribution in [0.25, 0.3) is 0 Å². The van der Waals surface area contributed by atoms with Gasteiger partial charge in [-0.1, -0.05) is 12.1 Å². The Hall–Kier alpha value is -3.17. The monoisotopic (exact) mass is 413 g/mol. The molecule has 4 rings (SSSR count). The van der Waals surface area contributed by atoms with E-state index in [4.69, 9.17) is 11.5 Å². The molecule has 0 bridgehead atoms. The van der Waals surface area contributed by atoms with Crippen molar-refractivity contribution < 1.29 is 29.7 Å². The van der Waals surface area contributed by atoms with Crippen molar-refractivity contribution in [2.24, 2.45) is 23.3 Å². The number of amides is 1. The summed E-state index contributed by atoms with van der Waals surface area (Å²) in [6, 6.07) is 3.78. The topological polar surface area (TPSA) is 167 Å². The number of nitrogens with zero attached hydrogens (tertiary/aromatic N) is 1. The normalized spacial score (nSPS) is 30.9. The number of likely N-dealkylation sites (N-methyl/N-ethyl adjacent to an activating group) is 1. The Morgan fingerprint density at radius 2 is 1.90 bits per heavy atom. The molecule has 0 heterocycles. The second-order valence-electron chi connectivity index (χ2n) is 8.34. The number of fused-ring (bicyclic) bond motifs is 3. The molecule has 1 aromatic rings. The summed E-state index contributed by atoms with van der Waals surface area (Å²) in [4.78, 5) is 39.6. The van der Waals surface area contributed by atoms with Crippen molar-refractivity contribution in [3.05, 3.63) is 51.9 Å². The first kappa shape index (κ1) is 20.1. The Morgan fingerprint density at radius 1 is 1.23 bits per heavy atom. The second-order valence-corrected chi connectivity index (χ2v) is 8.34. The molecule has 3 aliphatic carbocycles. The Bertz CT molecular complexity index is 1070. The zero-order valence-corrected chi connectivity index (χ0v) is 16.5. The third-order valence-corrected chi connectivity index (χ3v) is 6.55. The van der Waals surface area contributed by atoms with Gasteiger partial charge in [-0.3, -0.25) is 19.3 Å². The molecule has 0 unspecified atom stereocenters. The number of nitrogens with two attached hydrogens (primary N) is 2. The molecule has 7 N–H and O–H groups in total. The summed E-state index contributed by atoms with van der Waals surface area (Å²) in [5.74, 6) is -4.88. The van der Waals surface area contributed by atoms with Gasteiger partial charge in [0.2, 0.25) is 0 Å². The number of allylic oxidation sites excluding steroid dienone is 1. The van der Waals surface area contributed by atoms with Crippen LogP contribution in [0, 0.1) is 11.8 Å². The first-order valence-corrected chi connectivity index (χ1v) is 9.53. The van der Waals surface area contributed by atoms with E-state index in [0.29, 0.717) is 12.0 Å². The lowest BCUT2D eigenvalue weighted by atomic mass is 9.58. The van der Waals surface area contributed by atoms with Crippen molar-refractivity contribution in [1.29, 1.82) is 0 Å². The van der Waals surface area contributed by atoms with Gasteiger partial charge in [-0.2, -0.15) is 0 Å². The van der Waals surface area contributed by atoms with Crippen molar-refractivity contribution in [3.8, 4) is 5.75 Å². The van der Waals surface area contributed by atoms with Crippen LogP contribution in [0.4, 0.5) is 0 Å². The predicted molar refractivity (Wildman–Crippen MR) is 105 cm³/mol. The molecule has 1 amide bonds. The number of carbonyl (C=O) groups is 3. The van der Waals surface area contributed by atoms with E-state index >= 15 is 0 Å². The first-order valence-electron chi connectivity index (χ1n) is 9.53. The molecule has 0 spiro atoms. The number of ketones is 2. The Kier molecular flexibility index (Phi) is 4.30. The maximum atomic E-state index is 13.2. The summed E-state index contributed by atoms with van der Waals surface area (Å²) in [6.45, 7) is 0. The molecular weight excluding hydrogens is 390 g/mol. The van der Waals surface area contributed by atoms with Crippen LogP contribution >= 0.6 is 0 Å². The van der Waals surface area contributed by atoms with Crippen molar-refractivity contribution in [1.82, 2.24) is 4.90 Å². The highest BCUT2D eigenvalue weighted by Gasteiger charge is 2.61. The number of aromatic hydroxyl groups is 1. The van der Waals surface area contributed by atoms with Crippen LogP contribution < -0.4 is 11.5 Å². The number of hydrogen-bond acceptors (Lipinski definition) is 8. The van der Waals surface area contributed by atoms with Crippen LogP contribution in [-0.2, 0) is 16.0 Å². The molecule has 0 aromatic heterocycles. The van der Waals surface area contributed by atoms with Gasteiger partial charge in [0, 0.05) is 11.5 Å². The van der Waals surface area contributed by atoms with Crippen LogP contribution in [0.1, 0.15) is 22.3 Å². The number of aliphatic hydroxyl groups excluding tert-OH is 1. The minimum Gasteiger partial charge on any atom is -0.508 e. The number of phenols is 1. The SMILES string of the molecule is CN(C)[C@@H]1C(=O)C(C(N)=O)=C(O)[C@@]2(O)C(N)=C3C(=O)c4c(O)cccc4C[C@H]3C[C@@H]12. The third-order valence-electron chi connectivity index (χ3n) is 6.55. The Labute approximate surface area is 172 Å². The summed E-state index contributed by atoms with van der Waals surface area (Å²) in [5, 5.41) is 32.5. The fraction of sp³-hybridized carbons (Fsp3) is 0.381. The van der Waals surface area contributed by atoms with Gasteiger partial charge >= 0.3 is 0 Å². The average molecular weight is 413 g/mol. The second kappa shape index (κ2) is 6.41. The molecule has 9 nitrogen and oxygen atoms in total. The largest absolute Gasteiger partial charge is 0.508 e. The highest BCUT2D eigenvalue weighted by atomic mass is 16.3. The maximum Gasteiger partial charge on any atom is 0.255 e. The molecule has 0 aliphatic heterocycles. The highest BCUT2D eigenvalue weighted by Crippen LogP contribution is 2.52. The number of benzene rings is 1. The summed E-state index contributed by atoms with van der Waals surface area (Å²) in [5.41, 5.74) is 9.07. The van der Waals surface area contributed by atoms with E-state index in [1.54, 1.807) is 26.2 Å². The van der Waals surface area contributed by atoms with Gasteiger partial charge in [-0.15, -0.1) is 0 Å². The quantitative estimate of drug-likeness (QED) is 0.405. The van der Waals surface area contributed by atoms with Crippen LogP contribution in [0.5, 0.6) is 5.75 Å². The lowest BCUT2D eigenvalue weighted by molar-refractivity contribution is -0.134. The minimum absolute atomic E-state index is 0.0741. The summed E-state index contributed by atoms with van der Waals surface area (Å²) >= 11 is 0. The summed E-state index contributed by atoms with van der Waals surface area (Å²) in [6.07, 6.45) is 0.539. The fourth-order valence-corrected chi connectivity index (χ4v) is 5.26. The van der Waals surface area contributed by atoms with Gasteiger partial charge < -0.3 is 26.8 Å². The first-order chi connectivity index (χ1) is 14.0. The lowest BCUT2D eigenvalue weighted by Gasteiger charge is -2.51. The van der Waals surface area contributed by atoms with Gasteiger partial charge in [0.25, 0.3) is 5.91 Å². The molecule has 9 heteroatoms. The molecular formula is C21H23N3O6.